The zero-order chi connectivity index (χ0) is 13.2. The second-order valence-electron chi connectivity index (χ2n) is 5.49. The third-order valence-electron chi connectivity index (χ3n) is 3.37. The molecule has 0 radical (unpaired) electrons. The number of anilines is 1. The maximum Gasteiger partial charge on any atom is 0.142 e. The third kappa shape index (κ3) is 3.39. The van der Waals surface area contributed by atoms with Crippen molar-refractivity contribution in [1.29, 1.82) is 0 Å². The average molecular weight is 313 g/mol. The summed E-state index contributed by atoms with van der Waals surface area (Å²) in [5.41, 5.74) is 1.27. The van der Waals surface area contributed by atoms with Crippen LogP contribution in [0.4, 0.5) is 5.69 Å². The van der Waals surface area contributed by atoms with E-state index in [9.17, 15) is 0 Å². The van der Waals surface area contributed by atoms with Crippen LogP contribution < -0.4 is 15.4 Å². The van der Waals surface area contributed by atoms with E-state index in [1.807, 2.05) is 12.1 Å². The van der Waals surface area contributed by atoms with E-state index >= 15 is 0 Å². The molecule has 18 heavy (non-hydrogen) atoms. The van der Waals surface area contributed by atoms with Gasteiger partial charge in [0.1, 0.15) is 5.75 Å². The number of methoxy groups -OCH3 is 1. The molecule has 1 aromatic carbocycles. The van der Waals surface area contributed by atoms with Crippen LogP contribution in [-0.4, -0.2) is 25.2 Å². The maximum atomic E-state index is 5.39. The summed E-state index contributed by atoms with van der Waals surface area (Å²) in [4.78, 5) is 0. The molecule has 2 rings (SSSR count). The first kappa shape index (κ1) is 13.7. The number of ether oxygens (including phenoxy) is 1. The lowest BCUT2D eigenvalue weighted by Crippen LogP contribution is -2.50. The Labute approximate surface area is 117 Å². The Morgan fingerprint density at radius 3 is 2.89 bits per heavy atom. The minimum atomic E-state index is 0.204. The molecule has 2 N–H and O–H groups in total. The summed E-state index contributed by atoms with van der Waals surface area (Å²) in [7, 11) is 1.71. The van der Waals surface area contributed by atoms with Gasteiger partial charge in [0.2, 0.25) is 0 Å². The largest absolute Gasteiger partial charge is 0.495 e. The Morgan fingerprint density at radius 2 is 2.22 bits per heavy atom. The monoisotopic (exact) mass is 312 g/mol. The molecule has 1 heterocycles. The van der Waals surface area contributed by atoms with E-state index < -0.39 is 0 Å². The van der Waals surface area contributed by atoms with E-state index in [0.717, 1.165) is 35.3 Å². The molecule has 0 saturated carbocycles. The van der Waals surface area contributed by atoms with Crippen molar-refractivity contribution in [1.82, 2.24) is 5.32 Å². The van der Waals surface area contributed by atoms with Crippen LogP contribution in [0.15, 0.2) is 22.7 Å². The molecule has 3 nitrogen and oxygen atoms in total. The van der Waals surface area contributed by atoms with Crippen LogP contribution >= 0.6 is 15.9 Å². The third-order valence-corrected chi connectivity index (χ3v) is 3.87. The highest BCUT2D eigenvalue weighted by Gasteiger charge is 2.27. The van der Waals surface area contributed by atoms with Crippen LogP contribution in [-0.2, 0) is 0 Å². The Hall–Kier alpha value is -0.740. The van der Waals surface area contributed by atoms with E-state index in [1.165, 1.54) is 0 Å². The van der Waals surface area contributed by atoms with Crippen molar-refractivity contribution in [2.45, 2.75) is 38.3 Å². The zero-order valence-corrected chi connectivity index (χ0v) is 12.8. The quantitative estimate of drug-likeness (QED) is 0.897. The molecular formula is C14H21BrN2O. The molecular weight excluding hydrogens is 292 g/mol. The second kappa shape index (κ2) is 5.49. The summed E-state index contributed by atoms with van der Waals surface area (Å²) in [6, 6.07) is 6.55. The number of rotatable bonds is 3. The number of benzene rings is 1. The van der Waals surface area contributed by atoms with Crippen LogP contribution in [0.25, 0.3) is 0 Å². The van der Waals surface area contributed by atoms with Gasteiger partial charge in [0.15, 0.2) is 0 Å². The summed E-state index contributed by atoms with van der Waals surface area (Å²) in [6.07, 6.45) is 2.25. The molecule has 0 spiro atoms. The molecule has 1 aliphatic heterocycles. The van der Waals surface area contributed by atoms with E-state index in [2.05, 4.69) is 46.5 Å². The van der Waals surface area contributed by atoms with Crippen LogP contribution in [0.1, 0.15) is 26.7 Å². The fraction of sp³-hybridized carbons (Fsp3) is 0.571. The van der Waals surface area contributed by atoms with E-state index in [4.69, 9.17) is 4.74 Å². The van der Waals surface area contributed by atoms with Crippen LogP contribution in [0.3, 0.4) is 0 Å². The predicted molar refractivity (Wildman–Crippen MR) is 79.4 cm³/mol. The van der Waals surface area contributed by atoms with E-state index in [0.29, 0.717) is 6.04 Å². The maximum absolute atomic E-state index is 5.39. The highest BCUT2D eigenvalue weighted by Crippen LogP contribution is 2.30. The van der Waals surface area contributed by atoms with E-state index in [-0.39, 0.29) is 5.54 Å². The number of halogens is 1. The number of piperidine rings is 1. The van der Waals surface area contributed by atoms with Crippen LogP contribution in [0, 0.1) is 0 Å². The number of hydrogen-bond donors (Lipinski definition) is 2. The lowest BCUT2D eigenvalue weighted by molar-refractivity contribution is 0.286. The number of nitrogens with one attached hydrogen (secondary N) is 2. The Morgan fingerprint density at radius 1 is 1.44 bits per heavy atom. The van der Waals surface area contributed by atoms with E-state index in [1.54, 1.807) is 7.11 Å². The molecule has 1 fully saturated rings. The summed E-state index contributed by atoms with van der Waals surface area (Å²) in [5, 5.41) is 7.14. The van der Waals surface area contributed by atoms with Gasteiger partial charge in [0, 0.05) is 16.1 Å². The lowest BCUT2D eigenvalue weighted by Gasteiger charge is -2.37. The van der Waals surface area contributed by atoms with Gasteiger partial charge in [-0.2, -0.15) is 0 Å². The smallest absolute Gasteiger partial charge is 0.142 e. The minimum absolute atomic E-state index is 0.204. The number of hydrogen-bond acceptors (Lipinski definition) is 3. The fourth-order valence-corrected chi connectivity index (χ4v) is 2.87. The van der Waals surface area contributed by atoms with Crippen molar-refractivity contribution in [2.24, 2.45) is 0 Å². The standard InChI is InChI=1S/C14H21BrN2O/c1-14(2)9-11(6-7-16-14)17-12-8-10(15)4-5-13(12)18-3/h4-5,8,11,16-17H,6-7,9H2,1-3H3. The summed E-state index contributed by atoms with van der Waals surface area (Å²) >= 11 is 3.50. The van der Waals surface area contributed by atoms with Crippen molar-refractivity contribution in [3.8, 4) is 5.75 Å². The van der Waals surface area contributed by atoms with Gasteiger partial charge in [-0.15, -0.1) is 0 Å². The molecule has 1 aliphatic rings. The van der Waals surface area contributed by atoms with Gasteiger partial charge in [-0.25, -0.2) is 0 Å². The first-order valence-electron chi connectivity index (χ1n) is 6.35. The molecule has 0 amide bonds. The fourth-order valence-electron chi connectivity index (χ4n) is 2.51. The zero-order valence-electron chi connectivity index (χ0n) is 11.2. The van der Waals surface area contributed by atoms with Crippen molar-refractivity contribution in [3.63, 3.8) is 0 Å². The van der Waals surface area contributed by atoms with Gasteiger partial charge < -0.3 is 15.4 Å². The molecule has 0 aliphatic carbocycles. The molecule has 1 atom stereocenters. The van der Waals surface area contributed by atoms with Gasteiger partial charge in [0.05, 0.1) is 12.8 Å². The van der Waals surface area contributed by atoms with Gasteiger partial charge in [-0.3, -0.25) is 0 Å². The normalized spacial score (nSPS) is 22.6. The Bertz CT molecular complexity index is 420. The molecule has 100 valence electrons. The summed E-state index contributed by atoms with van der Waals surface area (Å²) < 4.78 is 6.46. The van der Waals surface area contributed by atoms with Crippen LogP contribution in [0.5, 0.6) is 5.75 Å². The highest BCUT2D eigenvalue weighted by molar-refractivity contribution is 9.10. The minimum Gasteiger partial charge on any atom is -0.495 e. The van der Waals surface area contributed by atoms with Crippen molar-refractivity contribution in [3.05, 3.63) is 22.7 Å². The first-order chi connectivity index (χ1) is 8.50. The molecule has 1 aromatic rings. The molecule has 0 aromatic heterocycles. The molecule has 1 saturated heterocycles. The second-order valence-corrected chi connectivity index (χ2v) is 6.41. The van der Waals surface area contributed by atoms with Gasteiger partial charge in [0.25, 0.3) is 0 Å². The lowest BCUT2D eigenvalue weighted by atomic mass is 9.89. The average Bonchev–Trinajstić information content (AvgIpc) is 2.28. The van der Waals surface area contributed by atoms with Gasteiger partial charge >= 0.3 is 0 Å². The van der Waals surface area contributed by atoms with Gasteiger partial charge in [-0.1, -0.05) is 15.9 Å². The van der Waals surface area contributed by atoms with Crippen LogP contribution in [0.2, 0.25) is 0 Å². The Kier molecular flexibility index (Phi) is 4.17. The predicted octanol–water partition coefficient (Wildman–Crippen LogP) is 3.40. The topological polar surface area (TPSA) is 33.3 Å². The summed E-state index contributed by atoms with van der Waals surface area (Å²) in [5.74, 6) is 0.898. The molecule has 1 unspecified atom stereocenters. The molecule has 4 heteroatoms. The van der Waals surface area contributed by atoms with Gasteiger partial charge in [-0.05, 0) is 51.4 Å². The van der Waals surface area contributed by atoms with Crippen molar-refractivity contribution < 1.29 is 4.74 Å². The van der Waals surface area contributed by atoms with Crippen molar-refractivity contribution >= 4 is 21.6 Å². The van der Waals surface area contributed by atoms with Crippen molar-refractivity contribution in [2.75, 3.05) is 19.0 Å². The first-order valence-corrected chi connectivity index (χ1v) is 7.14. The highest BCUT2D eigenvalue weighted by atomic mass is 79.9. The summed E-state index contributed by atoms with van der Waals surface area (Å²) in [6.45, 7) is 5.55. The molecule has 0 bridgehead atoms. The SMILES string of the molecule is COc1ccc(Br)cc1NC1CCNC(C)(C)C1. The Balaban J connectivity index is 2.11.